The van der Waals surface area contributed by atoms with Crippen LogP contribution in [-0.4, -0.2) is 16.0 Å². The Kier molecular flexibility index (Phi) is 3.67. The molecule has 0 aliphatic heterocycles. The molecule has 3 aromatic rings. The Balaban J connectivity index is 1.53. The zero-order valence-electron chi connectivity index (χ0n) is 13.8. The fourth-order valence-electron chi connectivity index (χ4n) is 2.74. The van der Waals surface area contributed by atoms with Crippen molar-refractivity contribution in [3.05, 3.63) is 53.3 Å². The molecule has 2 N–H and O–H groups in total. The minimum atomic E-state index is -0.313. The number of halogens is 1. The van der Waals surface area contributed by atoms with Crippen LogP contribution in [0.25, 0.3) is 23.1 Å². The van der Waals surface area contributed by atoms with E-state index in [1.54, 1.807) is 24.3 Å². The summed E-state index contributed by atoms with van der Waals surface area (Å²) in [4.78, 5) is 15.2. The van der Waals surface area contributed by atoms with Gasteiger partial charge in [0, 0.05) is 33.6 Å². The van der Waals surface area contributed by atoms with Gasteiger partial charge in [0.25, 0.3) is 0 Å². The molecule has 5 nitrogen and oxygen atoms in total. The summed E-state index contributed by atoms with van der Waals surface area (Å²) in [5, 5.41) is 7.48. The number of amides is 1. The van der Waals surface area contributed by atoms with Crippen LogP contribution in [0, 0.1) is 11.2 Å². The summed E-state index contributed by atoms with van der Waals surface area (Å²) in [6.07, 6.45) is 6.69. The number of hydrogen-bond acceptors (Lipinski definition) is 3. The van der Waals surface area contributed by atoms with Crippen LogP contribution in [0.4, 0.5) is 4.39 Å². The summed E-state index contributed by atoms with van der Waals surface area (Å²) in [7, 11) is 0. The fourth-order valence-corrected chi connectivity index (χ4v) is 2.74. The van der Waals surface area contributed by atoms with Crippen molar-refractivity contribution in [2.45, 2.75) is 26.3 Å². The van der Waals surface area contributed by atoms with Gasteiger partial charge in [0.1, 0.15) is 17.8 Å². The zero-order chi connectivity index (χ0) is 17.4. The van der Waals surface area contributed by atoms with Crippen molar-refractivity contribution in [2.75, 3.05) is 0 Å². The van der Waals surface area contributed by atoms with E-state index in [2.05, 4.69) is 15.5 Å². The first kappa shape index (κ1) is 15.6. The Hall–Kier alpha value is -2.89. The number of aromatic nitrogens is 2. The highest BCUT2D eigenvalue weighted by molar-refractivity contribution is 5.86. The molecule has 0 radical (unpaired) electrons. The smallest absolute Gasteiger partial charge is 0.226 e. The van der Waals surface area contributed by atoms with Gasteiger partial charge in [-0.15, -0.1) is 0 Å². The number of fused-ring (bicyclic) bond motifs is 1. The number of rotatable bonds is 5. The zero-order valence-corrected chi connectivity index (χ0v) is 13.8. The highest BCUT2D eigenvalue weighted by atomic mass is 19.1. The first-order chi connectivity index (χ1) is 12.0. The summed E-state index contributed by atoms with van der Waals surface area (Å²) in [5.74, 6) is -0.235. The number of nitrogens with zero attached hydrogens (tertiary/aromatic N) is 1. The first-order valence-electron chi connectivity index (χ1n) is 8.21. The lowest BCUT2D eigenvalue weighted by Crippen LogP contribution is -2.29. The Bertz CT molecular complexity index is 953. The van der Waals surface area contributed by atoms with E-state index >= 15 is 0 Å². The van der Waals surface area contributed by atoms with Gasteiger partial charge in [-0.05, 0) is 43.2 Å². The van der Waals surface area contributed by atoms with Crippen molar-refractivity contribution in [1.82, 2.24) is 15.5 Å². The lowest BCUT2D eigenvalue weighted by Gasteiger charge is -2.08. The molecule has 1 saturated carbocycles. The standard InChI is InChI=1S/C19H18FN3O2/c1-19(5-6-19)18(24)21-11-15-8-13-9-16(20)12(10-17(13)22-15)2-3-14-4-7-25-23-14/h2-4,7-10,22H,5-6,11H2,1H3,(H,21,24)/b3-2+. The first-order valence-corrected chi connectivity index (χ1v) is 8.21. The maximum Gasteiger partial charge on any atom is 0.226 e. The van der Waals surface area contributed by atoms with Crippen LogP contribution in [0.3, 0.4) is 0 Å². The van der Waals surface area contributed by atoms with E-state index in [-0.39, 0.29) is 17.1 Å². The predicted molar refractivity (Wildman–Crippen MR) is 92.9 cm³/mol. The van der Waals surface area contributed by atoms with Crippen molar-refractivity contribution in [1.29, 1.82) is 0 Å². The van der Waals surface area contributed by atoms with Gasteiger partial charge < -0.3 is 14.8 Å². The van der Waals surface area contributed by atoms with Crippen LogP contribution in [0.15, 0.2) is 35.1 Å². The molecule has 1 aromatic carbocycles. The van der Waals surface area contributed by atoms with E-state index in [1.165, 1.54) is 12.3 Å². The van der Waals surface area contributed by atoms with E-state index in [9.17, 15) is 9.18 Å². The van der Waals surface area contributed by atoms with Crippen molar-refractivity contribution in [3.8, 4) is 0 Å². The maximum atomic E-state index is 14.3. The number of carbonyl (C=O) groups is 1. The van der Waals surface area contributed by atoms with Gasteiger partial charge in [0.05, 0.1) is 6.54 Å². The fraction of sp³-hybridized carbons (Fsp3) is 0.263. The van der Waals surface area contributed by atoms with Crippen LogP contribution >= 0.6 is 0 Å². The molecule has 1 fully saturated rings. The summed E-state index contributed by atoms with van der Waals surface area (Å²) in [6.45, 7) is 2.38. The van der Waals surface area contributed by atoms with Gasteiger partial charge in [0.2, 0.25) is 5.91 Å². The highest BCUT2D eigenvalue weighted by Crippen LogP contribution is 2.45. The maximum absolute atomic E-state index is 14.3. The quantitative estimate of drug-likeness (QED) is 0.741. The van der Waals surface area contributed by atoms with Crippen LogP contribution in [0.2, 0.25) is 0 Å². The minimum absolute atomic E-state index is 0.0774. The molecule has 25 heavy (non-hydrogen) atoms. The van der Waals surface area contributed by atoms with Crippen molar-refractivity contribution >= 4 is 29.0 Å². The number of benzene rings is 1. The molecule has 0 bridgehead atoms. The largest absolute Gasteiger partial charge is 0.364 e. The second kappa shape index (κ2) is 5.88. The number of carbonyl (C=O) groups excluding carboxylic acids is 1. The van der Waals surface area contributed by atoms with Crippen LogP contribution in [-0.2, 0) is 11.3 Å². The van der Waals surface area contributed by atoms with Crippen LogP contribution in [0.1, 0.15) is 36.7 Å². The molecule has 2 heterocycles. The third-order valence-electron chi connectivity index (χ3n) is 4.67. The van der Waals surface area contributed by atoms with Gasteiger partial charge in [-0.2, -0.15) is 0 Å². The summed E-state index contributed by atoms with van der Waals surface area (Å²) in [5.41, 5.74) is 2.56. The van der Waals surface area contributed by atoms with Crippen molar-refractivity contribution in [3.63, 3.8) is 0 Å². The Morgan fingerprint density at radius 3 is 2.96 bits per heavy atom. The number of aromatic amines is 1. The molecule has 4 rings (SSSR count). The van der Waals surface area contributed by atoms with E-state index < -0.39 is 0 Å². The average Bonchev–Trinajstić information content (AvgIpc) is 3.01. The van der Waals surface area contributed by atoms with Gasteiger partial charge in [-0.1, -0.05) is 12.1 Å². The third kappa shape index (κ3) is 3.20. The SMILES string of the molecule is CC1(C(=O)NCc2cc3cc(F)c(/C=C/c4ccon4)cc3[nH]2)CC1. The third-order valence-corrected chi connectivity index (χ3v) is 4.67. The molecular weight excluding hydrogens is 321 g/mol. The van der Waals surface area contributed by atoms with Gasteiger partial charge in [0.15, 0.2) is 0 Å². The normalized spacial score (nSPS) is 15.8. The topological polar surface area (TPSA) is 70.9 Å². The van der Waals surface area contributed by atoms with Gasteiger partial charge >= 0.3 is 0 Å². The molecule has 1 amide bonds. The minimum Gasteiger partial charge on any atom is -0.364 e. The molecule has 0 unspecified atom stereocenters. The number of H-pyrrole nitrogens is 1. The Morgan fingerprint density at radius 1 is 1.40 bits per heavy atom. The van der Waals surface area contributed by atoms with Gasteiger partial charge in [-0.25, -0.2) is 4.39 Å². The highest BCUT2D eigenvalue weighted by Gasteiger charge is 2.44. The van der Waals surface area contributed by atoms with Gasteiger partial charge in [-0.3, -0.25) is 4.79 Å². The molecule has 1 aliphatic carbocycles. The molecule has 1 aliphatic rings. The molecule has 0 atom stereocenters. The second-order valence-corrected chi connectivity index (χ2v) is 6.76. The predicted octanol–water partition coefficient (Wildman–Crippen LogP) is 3.88. The molecule has 0 saturated heterocycles. The summed E-state index contributed by atoms with van der Waals surface area (Å²) in [6, 6.07) is 6.79. The van der Waals surface area contributed by atoms with Crippen LogP contribution < -0.4 is 5.32 Å². The van der Waals surface area contributed by atoms with E-state index in [0.717, 1.165) is 29.4 Å². The van der Waals surface area contributed by atoms with E-state index in [0.29, 0.717) is 17.8 Å². The molecular formula is C19H18FN3O2. The van der Waals surface area contributed by atoms with Crippen molar-refractivity contribution in [2.24, 2.45) is 5.41 Å². The average molecular weight is 339 g/mol. The number of hydrogen-bond donors (Lipinski definition) is 2. The lowest BCUT2D eigenvalue weighted by atomic mass is 10.1. The molecule has 6 heteroatoms. The summed E-state index contributed by atoms with van der Waals surface area (Å²) < 4.78 is 19.0. The molecule has 0 spiro atoms. The lowest BCUT2D eigenvalue weighted by molar-refractivity contribution is -0.125. The van der Waals surface area contributed by atoms with E-state index in [4.69, 9.17) is 4.52 Å². The molecule has 2 aromatic heterocycles. The van der Waals surface area contributed by atoms with Crippen molar-refractivity contribution < 1.29 is 13.7 Å². The number of nitrogens with one attached hydrogen (secondary N) is 2. The molecule has 128 valence electrons. The summed E-state index contributed by atoms with van der Waals surface area (Å²) >= 11 is 0. The van der Waals surface area contributed by atoms with Crippen LogP contribution in [0.5, 0.6) is 0 Å². The Labute approximate surface area is 143 Å². The monoisotopic (exact) mass is 339 g/mol. The van der Waals surface area contributed by atoms with E-state index in [1.807, 2.05) is 13.0 Å². The second-order valence-electron chi connectivity index (χ2n) is 6.76. The Morgan fingerprint density at radius 2 is 2.24 bits per heavy atom.